The van der Waals surface area contributed by atoms with Gasteiger partial charge in [0.15, 0.2) is 0 Å². The van der Waals surface area contributed by atoms with Gasteiger partial charge < -0.3 is 10.1 Å². The molecule has 0 radical (unpaired) electrons. The quantitative estimate of drug-likeness (QED) is 0.665. The van der Waals surface area contributed by atoms with Gasteiger partial charge in [0.05, 0.1) is 5.02 Å². The average molecular weight is 254 g/mol. The van der Waals surface area contributed by atoms with Crippen molar-refractivity contribution in [3.05, 3.63) is 29.3 Å². The van der Waals surface area contributed by atoms with Crippen molar-refractivity contribution in [1.29, 1.82) is 0 Å². The first kappa shape index (κ1) is 12.4. The number of ether oxygens (including phenoxy) is 1. The fraction of sp³-hybridized carbons (Fsp3) is 0.462. The molecule has 0 bridgehead atoms. The summed E-state index contributed by atoms with van der Waals surface area (Å²) in [5.41, 5.74) is 0. The first-order valence-electron chi connectivity index (χ1n) is 5.91. The Hall–Kier alpha value is -1.06. The summed E-state index contributed by atoms with van der Waals surface area (Å²) in [6, 6.07) is 7.03. The topological polar surface area (TPSA) is 38.3 Å². The third kappa shape index (κ3) is 3.72. The summed E-state index contributed by atoms with van der Waals surface area (Å²) in [6.45, 7) is 1.95. The van der Waals surface area contributed by atoms with Gasteiger partial charge in [0.25, 0.3) is 0 Å². The van der Waals surface area contributed by atoms with Crippen LogP contribution in [-0.2, 0) is 4.79 Å². The minimum atomic E-state index is -0.202. The highest BCUT2D eigenvalue weighted by atomic mass is 35.5. The van der Waals surface area contributed by atoms with Gasteiger partial charge in [-0.1, -0.05) is 23.7 Å². The standard InChI is InChI=1S/C13H16ClNO2/c14-11-5-1-2-6-12(11)17-13(16)8-10-4-3-7-15-9-10/h1-2,5-6,10,15H,3-4,7-9H2. The van der Waals surface area contributed by atoms with Gasteiger partial charge in [-0.25, -0.2) is 0 Å². The van der Waals surface area contributed by atoms with Crippen LogP contribution in [0.3, 0.4) is 0 Å². The number of carbonyl (C=O) groups excluding carboxylic acids is 1. The summed E-state index contributed by atoms with van der Waals surface area (Å²) in [5, 5.41) is 3.76. The second kappa shape index (κ2) is 6.03. The number of rotatable bonds is 3. The lowest BCUT2D eigenvalue weighted by Gasteiger charge is -2.21. The van der Waals surface area contributed by atoms with Crippen molar-refractivity contribution in [3.63, 3.8) is 0 Å². The largest absolute Gasteiger partial charge is 0.425 e. The molecule has 1 heterocycles. The number of para-hydroxylation sites is 1. The molecule has 0 aliphatic carbocycles. The predicted octanol–water partition coefficient (Wildman–Crippen LogP) is 2.64. The molecule has 0 amide bonds. The summed E-state index contributed by atoms with van der Waals surface area (Å²) in [7, 11) is 0. The minimum absolute atomic E-state index is 0.202. The van der Waals surface area contributed by atoms with E-state index in [1.54, 1.807) is 18.2 Å². The minimum Gasteiger partial charge on any atom is -0.425 e. The monoisotopic (exact) mass is 253 g/mol. The predicted molar refractivity (Wildman–Crippen MR) is 67.3 cm³/mol. The fourth-order valence-electron chi connectivity index (χ4n) is 2.03. The molecular formula is C13H16ClNO2. The van der Waals surface area contributed by atoms with Gasteiger partial charge in [-0.15, -0.1) is 0 Å². The van der Waals surface area contributed by atoms with Gasteiger partial charge in [0.2, 0.25) is 0 Å². The molecule has 1 atom stereocenters. The third-order valence-electron chi connectivity index (χ3n) is 2.91. The Balaban J connectivity index is 1.86. The van der Waals surface area contributed by atoms with Crippen molar-refractivity contribution in [2.24, 2.45) is 5.92 Å². The zero-order valence-electron chi connectivity index (χ0n) is 9.62. The molecule has 1 aliphatic heterocycles. The van der Waals surface area contributed by atoms with E-state index < -0.39 is 0 Å². The number of benzene rings is 1. The van der Waals surface area contributed by atoms with Crippen LogP contribution < -0.4 is 10.1 Å². The van der Waals surface area contributed by atoms with E-state index in [9.17, 15) is 4.79 Å². The zero-order valence-corrected chi connectivity index (χ0v) is 10.4. The summed E-state index contributed by atoms with van der Waals surface area (Å²) in [6.07, 6.45) is 2.67. The van der Waals surface area contributed by atoms with E-state index in [1.807, 2.05) is 6.07 Å². The number of piperidine rings is 1. The molecule has 0 spiro atoms. The molecule has 1 aliphatic rings. The van der Waals surface area contributed by atoms with Crippen molar-refractivity contribution in [2.45, 2.75) is 19.3 Å². The first-order chi connectivity index (χ1) is 8.25. The lowest BCUT2D eigenvalue weighted by Crippen LogP contribution is -2.31. The third-order valence-corrected chi connectivity index (χ3v) is 3.23. The van der Waals surface area contributed by atoms with E-state index in [0.29, 0.717) is 23.1 Å². The molecule has 92 valence electrons. The van der Waals surface area contributed by atoms with E-state index in [4.69, 9.17) is 16.3 Å². The highest BCUT2D eigenvalue weighted by Crippen LogP contribution is 2.24. The molecule has 0 aromatic heterocycles. The first-order valence-corrected chi connectivity index (χ1v) is 6.29. The van der Waals surface area contributed by atoms with Crippen LogP contribution in [0.5, 0.6) is 5.75 Å². The molecule has 1 fully saturated rings. The summed E-state index contributed by atoms with van der Waals surface area (Å²) in [4.78, 5) is 11.7. The van der Waals surface area contributed by atoms with E-state index in [-0.39, 0.29) is 5.97 Å². The molecule has 1 N–H and O–H groups in total. The Morgan fingerprint density at radius 3 is 3.00 bits per heavy atom. The molecule has 3 nitrogen and oxygen atoms in total. The number of hydrogen-bond acceptors (Lipinski definition) is 3. The normalized spacial score (nSPS) is 19.9. The van der Waals surface area contributed by atoms with Gasteiger partial charge in [-0.2, -0.15) is 0 Å². The zero-order chi connectivity index (χ0) is 12.1. The van der Waals surface area contributed by atoms with Crippen LogP contribution in [0.15, 0.2) is 24.3 Å². The van der Waals surface area contributed by atoms with E-state index >= 15 is 0 Å². The van der Waals surface area contributed by atoms with Crippen LogP contribution in [0, 0.1) is 5.92 Å². The number of hydrogen-bond donors (Lipinski definition) is 1. The summed E-state index contributed by atoms with van der Waals surface area (Å²) >= 11 is 5.92. The summed E-state index contributed by atoms with van der Waals surface area (Å²) in [5.74, 6) is 0.633. The molecular weight excluding hydrogens is 238 g/mol. The van der Waals surface area contributed by atoms with Gasteiger partial charge in [-0.3, -0.25) is 4.79 Å². The van der Waals surface area contributed by atoms with Crippen molar-refractivity contribution < 1.29 is 9.53 Å². The highest BCUT2D eigenvalue weighted by Gasteiger charge is 2.18. The smallest absolute Gasteiger partial charge is 0.311 e. The van der Waals surface area contributed by atoms with Gasteiger partial charge in [0.1, 0.15) is 5.75 Å². The SMILES string of the molecule is O=C(CC1CCCNC1)Oc1ccccc1Cl. The van der Waals surface area contributed by atoms with Gasteiger partial charge >= 0.3 is 5.97 Å². The lowest BCUT2D eigenvalue weighted by atomic mass is 9.96. The molecule has 17 heavy (non-hydrogen) atoms. The van der Waals surface area contributed by atoms with Crippen LogP contribution in [0.25, 0.3) is 0 Å². The molecule has 1 aromatic rings. The fourth-order valence-corrected chi connectivity index (χ4v) is 2.20. The van der Waals surface area contributed by atoms with Crippen LogP contribution in [-0.4, -0.2) is 19.1 Å². The summed E-state index contributed by atoms with van der Waals surface area (Å²) < 4.78 is 5.25. The lowest BCUT2D eigenvalue weighted by molar-refractivity contribution is -0.135. The molecule has 4 heteroatoms. The van der Waals surface area contributed by atoms with E-state index in [1.165, 1.54) is 0 Å². The van der Waals surface area contributed by atoms with Crippen molar-refractivity contribution in [1.82, 2.24) is 5.32 Å². The van der Waals surface area contributed by atoms with Gasteiger partial charge in [0, 0.05) is 6.42 Å². The molecule has 1 unspecified atom stereocenters. The Bertz CT molecular complexity index is 389. The number of halogens is 1. The van der Waals surface area contributed by atoms with E-state index in [0.717, 1.165) is 25.9 Å². The Labute approximate surface area is 106 Å². The van der Waals surface area contributed by atoms with E-state index in [2.05, 4.69) is 5.32 Å². The van der Waals surface area contributed by atoms with Crippen molar-refractivity contribution in [3.8, 4) is 5.75 Å². The highest BCUT2D eigenvalue weighted by molar-refractivity contribution is 6.32. The van der Waals surface area contributed by atoms with Crippen molar-refractivity contribution >= 4 is 17.6 Å². The second-order valence-electron chi connectivity index (χ2n) is 4.32. The molecule has 1 aromatic carbocycles. The number of carbonyl (C=O) groups is 1. The van der Waals surface area contributed by atoms with Crippen LogP contribution in [0.2, 0.25) is 5.02 Å². The second-order valence-corrected chi connectivity index (χ2v) is 4.73. The maximum absolute atomic E-state index is 11.7. The molecule has 0 saturated carbocycles. The van der Waals surface area contributed by atoms with Crippen molar-refractivity contribution in [2.75, 3.05) is 13.1 Å². The van der Waals surface area contributed by atoms with Gasteiger partial charge in [-0.05, 0) is 44.0 Å². The maximum atomic E-state index is 11.7. The number of nitrogens with one attached hydrogen (secondary N) is 1. The Kier molecular flexibility index (Phi) is 4.40. The Morgan fingerprint density at radius 1 is 1.47 bits per heavy atom. The van der Waals surface area contributed by atoms with Crippen LogP contribution >= 0.6 is 11.6 Å². The molecule has 2 rings (SSSR count). The van der Waals surface area contributed by atoms with Crippen LogP contribution in [0.1, 0.15) is 19.3 Å². The molecule has 1 saturated heterocycles. The van der Waals surface area contributed by atoms with Crippen LogP contribution in [0.4, 0.5) is 0 Å². The number of esters is 1. The average Bonchev–Trinajstić information content (AvgIpc) is 2.33. The maximum Gasteiger partial charge on any atom is 0.311 e. The Morgan fingerprint density at radius 2 is 2.29 bits per heavy atom.